The molecule has 24 heavy (non-hydrogen) atoms. The van der Waals surface area contributed by atoms with E-state index in [9.17, 15) is 9.59 Å². The van der Waals surface area contributed by atoms with Gasteiger partial charge in [0.25, 0.3) is 0 Å². The van der Waals surface area contributed by atoms with Crippen LogP contribution in [0.5, 0.6) is 5.75 Å². The van der Waals surface area contributed by atoms with Crippen LogP contribution in [0.2, 0.25) is 0 Å². The van der Waals surface area contributed by atoms with E-state index in [1.807, 2.05) is 24.3 Å². The first kappa shape index (κ1) is 16.1. The van der Waals surface area contributed by atoms with E-state index in [2.05, 4.69) is 5.32 Å². The Labute approximate surface area is 140 Å². The number of para-hydroxylation sites is 1. The number of amides is 1. The van der Waals surface area contributed by atoms with Crippen molar-refractivity contribution in [3.05, 3.63) is 65.2 Å². The van der Waals surface area contributed by atoms with Crippen molar-refractivity contribution in [3.8, 4) is 5.75 Å². The fourth-order valence-electron chi connectivity index (χ4n) is 2.92. The van der Waals surface area contributed by atoms with Crippen molar-refractivity contribution >= 4 is 11.9 Å². The molecule has 0 saturated heterocycles. The molecule has 0 spiro atoms. The average Bonchev–Trinajstić information content (AvgIpc) is 2.60. The average molecular weight is 325 g/mol. The molecular formula is C19H19NO4. The normalized spacial score (nSPS) is 15.9. The van der Waals surface area contributed by atoms with Crippen LogP contribution < -0.4 is 10.1 Å². The van der Waals surface area contributed by atoms with Gasteiger partial charge in [-0.1, -0.05) is 36.4 Å². The van der Waals surface area contributed by atoms with Gasteiger partial charge < -0.3 is 15.2 Å². The van der Waals surface area contributed by atoms with Crippen LogP contribution in [0, 0.1) is 0 Å². The lowest BCUT2D eigenvalue weighted by Crippen LogP contribution is -2.42. The predicted molar refractivity (Wildman–Crippen MR) is 89.3 cm³/mol. The molecule has 1 amide bonds. The van der Waals surface area contributed by atoms with Crippen LogP contribution in [-0.4, -0.2) is 29.6 Å². The minimum Gasteiger partial charge on any atom is -0.491 e. The first-order chi connectivity index (χ1) is 11.6. The summed E-state index contributed by atoms with van der Waals surface area (Å²) in [4.78, 5) is 23.3. The molecule has 3 rings (SSSR count). The highest BCUT2D eigenvalue weighted by Crippen LogP contribution is 2.23. The third-order valence-corrected chi connectivity index (χ3v) is 4.11. The maximum absolute atomic E-state index is 12.2. The molecule has 1 aliphatic heterocycles. The van der Waals surface area contributed by atoms with Crippen molar-refractivity contribution < 1.29 is 19.4 Å². The minimum atomic E-state index is -0.969. The number of hydrogen-bond acceptors (Lipinski definition) is 3. The molecule has 0 radical (unpaired) electrons. The quantitative estimate of drug-likeness (QED) is 0.885. The second-order valence-electron chi connectivity index (χ2n) is 5.85. The van der Waals surface area contributed by atoms with Crippen LogP contribution in [-0.2, 0) is 17.6 Å². The Kier molecular flexibility index (Phi) is 4.79. The first-order valence-electron chi connectivity index (χ1n) is 7.95. The van der Waals surface area contributed by atoms with Crippen LogP contribution in [0.25, 0.3) is 0 Å². The number of carbonyl (C=O) groups excluding carboxylic acids is 1. The zero-order valence-electron chi connectivity index (χ0n) is 13.2. The highest BCUT2D eigenvalue weighted by molar-refractivity contribution is 5.89. The standard InChI is InChI=1S/C19H19NO4/c21-18(10-9-13-5-1-3-7-16(13)19(22)23)20-15-11-14-6-2-4-8-17(14)24-12-15/h1-8,15H,9-12H2,(H,20,21)(H,22,23). The molecule has 2 aromatic carbocycles. The maximum atomic E-state index is 12.2. The summed E-state index contributed by atoms with van der Waals surface area (Å²) in [5.41, 5.74) is 2.01. The molecule has 0 aliphatic carbocycles. The van der Waals surface area contributed by atoms with Gasteiger partial charge >= 0.3 is 5.97 Å². The SMILES string of the molecule is O=C(CCc1ccccc1C(=O)O)NC1COc2ccccc2C1. The monoisotopic (exact) mass is 325 g/mol. The van der Waals surface area contributed by atoms with Crippen LogP contribution >= 0.6 is 0 Å². The Hall–Kier alpha value is -2.82. The lowest BCUT2D eigenvalue weighted by Gasteiger charge is -2.26. The third kappa shape index (κ3) is 3.74. The number of ether oxygens (including phenoxy) is 1. The van der Waals surface area contributed by atoms with E-state index in [1.165, 1.54) is 0 Å². The van der Waals surface area contributed by atoms with Crippen LogP contribution in [0.15, 0.2) is 48.5 Å². The van der Waals surface area contributed by atoms with Gasteiger partial charge in [0.2, 0.25) is 5.91 Å². The lowest BCUT2D eigenvalue weighted by molar-refractivity contribution is -0.122. The van der Waals surface area contributed by atoms with E-state index in [-0.39, 0.29) is 23.9 Å². The second kappa shape index (κ2) is 7.17. The van der Waals surface area contributed by atoms with E-state index < -0.39 is 5.97 Å². The number of aryl methyl sites for hydroxylation is 1. The first-order valence-corrected chi connectivity index (χ1v) is 7.95. The second-order valence-corrected chi connectivity index (χ2v) is 5.85. The molecule has 1 atom stereocenters. The topological polar surface area (TPSA) is 75.6 Å². The summed E-state index contributed by atoms with van der Waals surface area (Å²) in [7, 11) is 0. The summed E-state index contributed by atoms with van der Waals surface area (Å²) in [6.07, 6.45) is 1.40. The largest absolute Gasteiger partial charge is 0.491 e. The molecule has 2 N–H and O–H groups in total. The summed E-state index contributed by atoms with van der Waals surface area (Å²) >= 11 is 0. The number of carboxylic acid groups (broad SMARTS) is 1. The number of nitrogens with one attached hydrogen (secondary N) is 1. The molecule has 1 aliphatic rings. The molecule has 0 aromatic heterocycles. The van der Waals surface area contributed by atoms with Crippen molar-refractivity contribution in [2.24, 2.45) is 0 Å². The Bertz CT molecular complexity index is 757. The van der Waals surface area contributed by atoms with Gasteiger partial charge in [0.1, 0.15) is 12.4 Å². The fraction of sp³-hybridized carbons (Fsp3) is 0.263. The maximum Gasteiger partial charge on any atom is 0.335 e. The molecule has 0 bridgehead atoms. The van der Waals surface area contributed by atoms with Crippen molar-refractivity contribution in [2.45, 2.75) is 25.3 Å². The minimum absolute atomic E-state index is 0.0536. The van der Waals surface area contributed by atoms with E-state index in [4.69, 9.17) is 9.84 Å². The molecule has 1 unspecified atom stereocenters. The van der Waals surface area contributed by atoms with Crippen LogP contribution in [0.4, 0.5) is 0 Å². The van der Waals surface area contributed by atoms with Crippen molar-refractivity contribution in [2.75, 3.05) is 6.61 Å². The van der Waals surface area contributed by atoms with Crippen molar-refractivity contribution in [1.29, 1.82) is 0 Å². The zero-order valence-corrected chi connectivity index (χ0v) is 13.2. The van der Waals surface area contributed by atoms with Crippen molar-refractivity contribution in [1.82, 2.24) is 5.32 Å². The Morgan fingerprint density at radius 1 is 1.12 bits per heavy atom. The lowest BCUT2D eigenvalue weighted by atomic mass is 10.0. The number of aromatic carboxylic acids is 1. The van der Waals surface area contributed by atoms with Gasteiger partial charge in [-0.3, -0.25) is 4.79 Å². The molecule has 5 nitrogen and oxygen atoms in total. The van der Waals surface area contributed by atoms with Crippen molar-refractivity contribution in [3.63, 3.8) is 0 Å². The predicted octanol–water partition coefficient (Wildman–Crippen LogP) is 2.44. The Morgan fingerprint density at radius 3 is 2.71 bits per heavy atom. The number of benzene rings is 2. The summed E-state index contributed by atoms with van der Waals surface area (Å²) < 4.78 is 5.66. The van der Waals surface area contributed by atoms with Gasteiger partial charge in [0.05, 0.1) is 11.6 Å². The number of carboxylic acids is 1. The van der Waals surface area contributed by atoms with Gasteiger partial charge in [0, 0.05) is 6.42 Å². The molecule has 5 heteroatoms. The Balaban J connectivity index is 1.55. The molecule has 2 aromatic rings. The van der Waals surface area contributed by atoms with Gasteiger partial charge in [-0.25, -0.2) is 4.79 Å². The van der Waals surface area contributed by atoms with E-state index in [1.54, 1.807) is 24.3 Å². The molecule has 1 heterocycles. The highest BCUT2D eigenvalue weighted by atomic mass is 16.5. The smallest absolute Gasteiger partial charge is 0.335 e. The summed E-state index contributed by atoms with van der Waals surface area (Å²) in [5.74, 6) is -0.190. The Morgan fingerprint density at radius 2 is 1.88 bits per heavy atom. The number of carbonyl (C=O) groups is 2. The van der Waals surface area contributed by atoms with E-state index >= 15 is 0 Å². The molecule has 0 saturated carbocycles. The third-order valence-electron chi connectivity index (χ3n) is 4.11. The summed E-state index contributed by atoms with van der Waals surface area (Å²) in [6, 6.07) is 14.5. The van der Waals surface area contributed by atoms with Gasteiger partial charge in [-0.05, 0) is 36.1 Å². The number of hydrogen-bond donors (Lipinski definition) is 2. The van der Waals surface area contributed by atoms with Gasteiger partial charge in [-0.2, -0.15) is 0 Å². The summed E-state index contributed by atoms with van der Waals surface area (Å²) in [6.45, 7) is 0.453. The number of rotatable bonds is 5. The van der Waals surface area contributed by atoms with Gasteiger partial charge in [0.15, 0.2) is 0 Å². The zero-order chi connectivity index (χ0) is 16.9. The summed E-state index contributed by atoms with van der Waals surface area (Å²) in [5, 5.41) is 12.1. The fourth-order valence-corrected chi connectivity index (χ4v) is 2.92. The van der Waals surface area contributed by atoms with E-state index in [0.717, 1.165) is 17.7 Å². The number of fused-ring (bicyclic) bond motifs is 1. The van der Waals surface area contributed by atoms with E-state index in [0.29, 0.717) is 18.6 Å². The highest BCUT2D eigenvalue weighted by Gasteiger charge is 2.21. The molecule has 0 fully saturated rings. The van der Waals surface area contributed by atoms with Crippen LogP contribution in [0.1, 0.15) is 27.9 Å². The molecular weight excluding hydrogens is 306 g/mol. The van der Waals surface area contributed by atoms with Gasteiger partial charge in [-0.15, -0.1) is 0 Å². The molecule has 124 valence electrons. The van der Waals surface area contributed by atoms with Crippen LogP contribution in [0.3, 0.4) is 0 Å².